The van der Waals surface area contributed by atoms with Crippen LogP contribution in [0.5, 0.6) is 11.5 Å². The van der Waals surface area contributed by atoms with E-state index in [1.807, 2.05) is 4.90 Å². The number of methoxy groups -OCH3 is 2. The van der Waals surface area contributed by atoms with Crippen molar-refractivity contribution in [2.75, 3.05) is 26.1 Å². The van der Waals surface area contributed by atoms with Crippen LogP contribution in [0.3, 0.4) is 0 Å². The van der Waals surface area contributed by atoms with Crippen molar-refractivity contribution in [1.29, 1.82) is 0 Å². The maximum absolute atomic E-state index is 12.9. The number of carbonyl (C=O) groups excluding carboxylic acids is 2. The number of nitrogens with zero attached hydrogens (tertiary/aromatic N) is 1. The summed E-state index contributed by atoms with van der Waals surface area (Å²) in [5, 5.41) is 2.95. The standard InChI is InChI=1S/C24H30N2O4/c1-5-17-6-8-18(9-7-17)22-13-10-19(15-26(22)16(2)27)24(28)25-21-12-11-20(29-3)14-23(21)30-4/h6-9,11-12,14,19,22H,5,10,13,15H2,1-4H3,(H,25,28). The average Bonchev–Trinajstić information content (AvgIpc) is 2.78. The molecule has 6 nitrogen and oxygen atoms in total. The lowest BCUT2D eigenvalue weighted by Gasteiger charge is -2.39. The largest absolute Gasteiger partial charge is 0.497 e. The van der Waals surface area contributed by atoms with Gasteiger partial charge in [0.2, 0.25) is 11.8 Å². The summed E-state index contributed by atoms with van der Waals surface area (Å²) < 4.78 is 10.6. The second-order valence-corrected chi connectivity index (χ2v) is 7.61. The number of anilines is 1. The van der Waals surface area contributed by atoms with E-state index < -0.39 is 0 Å². The van der Waals surface area contributed by atoms with Gasteiger partial charge >= 0.3 is 0 Å². The molecule has 1 aliphatic rings. The molecule has 0 radical (unpaired) electrons. The van der Waals surface area contributed by atoms with E-state index in [9.17, 15) is 9.59 Å². The minimum absolute atomic E-state index is 0.00739. The first-order valence-corrected chi connectivity index (χ1v) is 10.4. The molecule has 1 N–H and O–H groups in total. The van der Waals surface area contributed by atoms with Crippen LogP contribution in [0, 0.1) is 5.92 Å². The van der Waals surface area contributed by atoms with Gasteiger partial charge in [-0.15, -0.1) is 0 Å². The fourth-order valence-corrected chi connectivity index (χ4v) is 3.99. The quantitative estimate of drug-likeness (QED) is 0.775. The first-order valence-electron chi connectivity index (χ1n) is 10.4. The minimum Gasteiger partial charge on any atom is -0.497 e. The van der Waals surface area contributed by atoms with E-state index in [2.05, 4.69) is 36.5 Å². The van der Waals surface area contributed by atoms with Crippen LogP contribution in [0.15, 0.2) is 42.5 Å². The topological polar surface area (TPSA) is 67.9 Å². The Kier molecular flexibility index (Phi) is 6.98. The van der Waals surface area contributed by atoms with Gasteiger partial charge in [-0.25, -0.2) is 0 Å². The van der Waals surface area contributed by atoms with Crippen LogP contribution in [-0.4, -0.2) is 37.5 Å². The third kappa shape index (κ3) is 4.75. The third-order valence-electron chi connectivity index (χ3n) is 5.80. The summed E-state index contributed by atoms with van der Waals surface area (Å²) in [5.74, 6) is 0.800. The molecule has 2 amide bonds. The summed E-state index contributed by atoms with van der Waals surface area (Å²) >= 11 is 0. The predicted octanol–water partition coefficient (Wildman–Crippen LogP) is 4.20. The number of rotatable bonds is 6. The normalized spacial score (nSPS) is 18.6. The molecule has 1 heterocycles. The monoisotopic (exact) mass is 410 g/mol. The van der Waals surface area contributed by atoms with E-state index in [0.717, 1.165) is 18.4 Å². The zero-order valence-corrected chi connectivity index (χ0v) is 18.1. The highest BCUT2D eigenvalue weighted by Crippen LogP contribution is 2.35. The van der Waals surface area contributed by atoms with Gasteiger partial charge in [0.05, 0.1) is 31.9 Å². The Labute approximate surface area is 178 Å². The SMILES string of the molecule is CCc1ccc(C2CCC(C(=O)Nc3ccc(OC)cc3OC)CN2C(C)=O)cc1. The number of hydrogen-bond acceptors (Lipinski definition) is 4. The van der Waals surface area contributed by atoms with Gasteiger partial charge in [0.1, 0.15) is 11.5 Å². The van der Waals surface area contributed by atoms with Gasteiger partial charge < -0.3 is 19.7 Å². The van der Waals surface area contributed by atoms with Crippen molar-refractivity contribution >= 4 is 17.5 Å². The minimum atomic E-state index is -0.271. The number of ether oxygens (including phenoxy) is 2. The Bertz CT molecular complexity index is 895. The van der Waals surface area contributed by atoms with Crippen molar-refractivity contribution in [1.82, 2.24) is 4.90 Å². The number of carbonyl (C=O) groups is 2. The highest BCUT2D eigenvalue weighted by Gasteiger charge is 2.34. The van der Waals surface area contributed by atoms with Crippen molar-refractivity contribution in [3.63, 3.8) is 0 Å². The number of piperidine rings is 1. The lowest BCUT2D eigenvalue weighted by molar-refractivity contribution is -0.135. The van der Waals surface area contributed by atoms with Crippen LogP contribution in [0.25, 0.3) is 0 Å². The fourth-order valence-electron chi connectivity index (χ4n) is 3.99. The molecule has 0 saturated carbocycles. The molecule has 2 unspecified atom stereocenters. The van der Waals surface area contributed by atoms with E-state index in [-0.39, 0.29) is 23.8 Å². The molecule has 3 rings (SSSR count). The molecule has 2 aromatic rings. The van der Waals surface area contributed by atoms with Crippen LogP contribution in [0.1, 0.15) is 43.9 Å². The van der Waals surface area contributed by atoms with Gasteiger partial charge in [0, 0.05) is 19.5 Å². The third-order valence-corrected chi connectivity index (χ3v) is 5.80. The van der Waals surface area contributed by atoms with Crippen LogP contribution in [0.4, 0.5) is 5.69 Å². The van der Waals surface area contributed by atoms with Crippen LogP contribution in [0.2, 0.25) is 0 Å². The van der Waals surface area contributed by atoms with E-state index in [4.69, 9.17) is 9.47 Å². The predicted molar refractivity (Wildman–Crippen MR) is 117 cm³/mol. The maximum Gasteiger partial charge on any atom is 0.229 e. The molecular weight excluding hydrogens is 380 g/mol. The maximum atomic E-state index is 12.9. The molecule has 160 valence electrons. The highest BCUT2D eigenvalue weighted by atomic mass is 16.5. The van der Waals surface area contributed by atoms with Gasteiger partial charge in [-0.1, -0.05) is 31.2 Å². The second kappa shape index (κ2) is 9.65. The summed E-state index contributed by atoms with van der Waals surface area (Å²) in [6, 6.07) is 13.7. The Morgan fingerprint density at radius 2 is 1.80 bits per heavy atom. The number of benzene rings is 2. The number of amides is 2. The first-order chi connectivity index (χ1) is 14.5. The lowest BCUT2D eigenvalue weighted by atomic mass is 9.88. The summed E-state index contributed by atoms with van der Waals surface area (Å²) in [6.07, 6.45) is 2.45. The molecular formula is C24H30N2O4. The Morgan fingerprint density at radius 3 is 2.40 bits per heavy atom. The lowest BCUT2D eigenvalue weighted by Crippen LogP contribution is -2.44. The summed E-state index contributed by atoms with van der Waals surface area (Å²) in [4.78, 5) is 27.1. The molecule has 1 saturated heterocycles. The molecule has 2 atom stereocenters. The van der Waals surface area contributed by atoms with Crippen LogP contribution in [-0.2, 0) is 16.0 Å². The van der Waals surface area contributed by atoms with Gasteiger partial charge in [-0.3, -0.25) is 9.59 Å². The van der Waals surface area contributed by atoms with Gasteiger partial charge in [0.25, 0.3) is 0 Å². The van der Waals surface area contributed by atoms with Gasteiger partial charge in [-0.05, 0) is 42.5 Å². The average molecular weight is 411 g/mol. The van der Waals surface area contributed by atoms with Crippen molar-refractivity contribution in [3.05, 3.63) is 53.6 Å². The smallest absolute Gasteiger partial charge is 0.229 e. The van der Waals surface area contributed by atoms with Crippen molar-refractivity contribution in [2.45, 2.75) is 39.2 Å². The van der Waals surface area contributed by atoms with Crippen molar-refractivity contribution < 1.29 is 19.1 Å². The highest BCUT2D eigenvalue weighted by molar-refractivity contribution is 5.94. The van der Waals surface area contributed by atoms with E-state index >= 15 is 0 Å². The summed E-state index contributed by atoms with van der Waals surface area (Å²) in [6.45, 7) is 4.10. The van der Waals surface area contributed by atoms with E-state index in [0.29, 0.717) is 30.2 Å². The van der Waals surface area contributed by atoms with E-state index in [1.165, 1.54) is 5.56 Å². The molecule has 0 spiro atoms. The van der Waals surface area contributed by atoms with Crippen LogP contribution < -0.4 is 14.8 Å². The molecule has 1 aliphatic heterocycles. The molecule has 0 aromatic heterocycles. The zero-order valence-electron chi connectivity index (χ0n) is 18.1. The van der Waals surface area contributed by atoms with Gasteiger partial charge in [-0.2, -0.15) is 0 Å². The second-order valence-electron chi connectivity index (χ2n) is 7.61. The fraction of sp³-hybridized carbons (Fsp3) is 0.417. The number of hydrogen-bond donors (Lipinski definition) is 1. The number of nitrogens with one attached hydrogen (secondary N) is 1. The molecule has 30 heavy (non-hydrogen) atoms. The molecule has 1 fully saturated rings. The van der Waals surface area contributed by atoms with E-state index in [1.54, 1.807) is 39.3 Å². The summed E-state index contributed by atoms with van der Waals surface area (Å²) in [5.41, 5.74) is 2.99. The summed E-state index contributed by atoms with van der Waals surface area (Å²) in [7, 11) is 3.13. The molecule has 0 bridgehead atoms. The van der Waals surface area contributed by atoms with Crippen LogP contribution >= 0.6 is 0 Å². The Morgan fingerprint density at radius 1 is 1.07 bits per heavy atom. The van der Waals surface area contributed by atoms with Crippen molar-refractivity contribution in [2.24, 2.45) is 5.92 Å². The zero-order chi connectivity index (χ0) is 21.7. The molecule has 2 aromatic carbocycles. The molecule has 6 heteroatoms. The Hall–Kier alpha value is -3.02. The Balaban J connectivity index is 1.72. The number of likely N-dealkylation sites (tertiary alicyclic amines) is 1. The van der Waals surface area contributed by atoms with Gasteiger partial charge in [0.15, 0.2) is 0 Å². The molecule has 0 aliphatic carbocycles. The first kappa shape index (κ1) is 21.7. The van der Waals surface area contributed by atoms with Crippen molar-refractivity contribution in [3.8, 4) is 11.5 Å². The number of aryl methyl sites for hydroxylation is 1.